The highest BCUT2D eigenvalue weighted by Crippen LogP contribution is 2.60. The van der Waals surface area contributed by atoms with Crippen molar-refractivity contribution in [3.8, 4) is 89.0 Å². The molecule has 0 amide bonds. The topological polar surface area (TPSA) is 52.6 Å². The third-order valence-corrected chi connectivity index (χ3v) is 30.0. The zero-order valence-corrected chi connectivity index (χ0v) is 72.7. The molecule has 0 N–H and O–H groups in total. The van der Waals surface area contributed by atoms with Crippen LogP contribution in [0, 0.1) is 0 Å². The number of unbranched alkanes of at least 4 members (excludes halogenated alkanes) is 19. The molecule has 4 heteroatoms. The predicted octanol–water partition coefficient (Wildman–Crippen LogP) is 35.7. The van der Waals surface area contributed by atoms with Crippen LogP contribution in [-0.4, -0.2) is 0 Å². The minimum absolute atomic E-state index is 0.0208. The first-order valence-corrected chi connectivity index (χ1v) is 46.9. The lowest BCUT2D eigenvalue weighted by Crippen LogP contribution is -2.25. The second-order valence-corrected chi connectivity index (χ2v) is 38.0. The van der Waals surface area contributed by atoms with Crippen LogP contribution in [0.4, 0.5) is 0 Å². The summed E-state index contributed by atoms with van der Waals surface area (Å²) < 4.78 is 28.9. The number of para-hydroxylation sites is 2. The lowest BCUT2D eigenvalue weighted by molar-refractivity contribution is 0.398. The van der Waals surface area contributed by atoms with E-state index in [1.165, 1.54) is 262 Å². The van der Waals surface area contributed by atoms with Crippen molar-refractivity contribution in [2.45, 2.75) is 250 Å². The van der Waals surface area contributed by atoms with E-state index in [4.69, 9.17) is 17.7 Å². The fourth-order valence-corrected chi connectivity index (χ4v) is 23.6. The van der Waals surface area contributed by atoms with Crippen LogP contribution in [-0.2, 0) is 21.7 Å². The Morgan fingerprint density at radius 1 is 0.198 bits per heavy atom. The Hall–Kier alpha value is -10.9. The molecular formula is C117H116O4. The third-order valence-electron chi connectivity index (χ3n) is 30.0. The molecule has 1 atom stereocenters. The normalized spacial score (nSPS) is 15.6. The quantitative estimate of drug-likeness (QED) is 0.0406. The van der Waals surface area contributed by atoms with E-state index in [2.05, 4.69) is 286 Å². The average Bonchev–Trinajstić information content (AvgIpc) is 1.54. The highest BCUT2D eigenvalue weighted by molar-refractivity contribution is 6.33. The van der Waals surface area contributed by atoms with E-state index in [0.29, 0.717) is 0 Å². The highest BCUT2D eigenvalue weighted by atomic mass is 16.3. The van der Waals surface area contributed by atoms with E-state index in [0.717, 1.165) is 110 Å². The Kier molecular flexibility index (Phi) is 19.9. The van der Waals surface area contributed by atoms with Crippen LogP contribution in [0.25, 0.3) is 177 Å². The van der Waals surface area contributed by atoms with Crippen LogP contribution in [0.2, 0.25) is 0 Å². The van der Waals surface area contributed by atoms with Gasteiger partial charge in [-0.1, -0.05) is 361 Å². The third kappa shape index (κ3) is 12.7. The summed E-state index contributed by atoms with van der Waals surface area (Å²) in [6.45, 7) is 19.0. The minimum Gasteiger partial charge on any atom is -0.456 e. The number of rotatable bonds is 31. The van der Waals surface area contributed by atoms with Crippen molar-refractivity contribution in [1.29, 1.82) is 0 Å². The van der Waals surface area contributed by atoms with Gasteiger partial charge in [-0.25, -0.2) is 0 Å². The van der Waals surface area contributed by atoms with Crippen LogP contribution in [0.1, 0.15) is 273 Å². The second kappa shape index (κ2) is 31.2. The monoisotopic (exact) mass is 1580 g/mol. The first-order chi connectivity index (χ1) is 59.3. The average molecular weight is 1590 g/mol. The summed E-state index contributed by atoms with van der Waals surface area (Å²) in [4.78, 5) is 0. The molecule has 4 heterocycles. The Labute approximate surface area is 715 Å². The molecule has 0 radical (unpaired) electrons. The number of benzene rings is 13. The van der Waals surface area contributed by atoms with Crippen LogP contribution < -0.4 is 0 Å². The van der Waals surface area contributed by atoms with E-state index >= 15 is 0 Å². The van der Waals surface area contributed by atoms with Crippen molar-refractivity contribution in [3.05, 3.63) is 275 Å². The van der Waals surface area contributed by atoms with E-state index in [-0.39, 0.29) is 21.7 Å². The summed E-state index contributed by atoms with van der Waals surface area (Å²) in [6, 6.07) is 88.9. The molecule has 0 saturated carbocycles. The molecule has 4 aromatic heterocycles. The molecule has 0 saturated heterocycles. The van der Waals surface area contributed by atoms with Crippen LogP contribution in [0.5, 0.6) is 0 Å². The number of fused-ring (bicyclic) bond motifs is 26. The van der Waals surface area contributed by atoms with Crippen molar-refractivity contribution in [2.75, 3.05) is 0 Å². The zero-order chi connectivity index (χ0) is 81.9. The maximum atomic E-state index is 7.31. The molecule has 121 heavy (non-hydrogen) atoms. The van der Waals surface area contributed by atoms with Gasteiger partial charge in [0.05, 0.1) is 0 Å². The molecule has 17 aromatic rings. The first-order valence-electron chi connectivity index (χ1n) is 46.9. The smallest absolute Gasteiger partial charge is 0.144 e. The summed E-state index contributed by atoms with van der Waals surface area (Å²) in [5.41, 5.74) is 38.1. The van der Waals surface area contributed by atoms with Gasteiger partial charge in [0.25, 0.3) is 0 Å². The van der Waals surface area contributed by atoms with Gasteiger partial charge in [0.2, 0.25) is 0 Å². The van der Waals surface area contributed by atoms with Gasteiger partial charge >= 0.3 is 0 Å². The van der Waals surface area contributed by atoms with Crippen molar-refractivity contribution in [3.63, 3.8) is 0 Å². The van der Waals surface area contributed by atoms with Gasteiger partial charge in [0, 0.05) is 75.9 Å². The van der Waals surface area contributed by atoms with Gasteiger partial charge in [-0.05, 0) is 221 Å². The molecular weight excluding hydrogens is 1470 g/mol. The Bertz CT molecular complexity index is 6720. The zero-order valence-electron chi connectivity index (χ0n) is 72.7. The molecule has 0 fully saturated rings. The van der Waals surface area contributed by atoms with E-state index in [1.54, 1.807) is 22.3 Å². The number of hydrogen-bond donors (Lipinski definition) is 0. The highest BCUT2D eigenvalue weighted by Gasteiger charge is 2.46. The predicted molar refractivity (Wildman–Crippen MR) is 512 cm³/mol. The van der Waals surface area contributed by atoms with Crippen molar-refractivity contribution in [1.82, 2.24) is 0 Å². The van der Waals surface area contributed by atoms with E-state index in [9.17, 15) is 0 Å². The lowest BCUT2D eigenvalue weighted by atomic mass is 9.70. The molecule has 4 aliphatic rings. The lowest BCUT2D eigenvalue weighted by Gasteiger charge is -2.33. The Morgan fingerprint density at radius 2 is 0.479 bits per heavy atom. The van der Waals surface area contributed by atoms with Gasteiger partial charge in [-0.3, -0.25) is 0 Å². The summed E-state index contributed by atoms with van der Waals surface area (Å²) >= 11 is 0. The summed E-state index contributed by atoms with van der Waals surface area (Å²) in [5.74, 6) is 0. The number of hydrogen-bond acceptors (Lipinski definition) is 4. The van der Waals surface area contributed by atoms with Crippen LogP contribution in [0.3, 0.4) is 0 Å². The fraction of sp³-hybridized carbons (Fsp3) is 0.333. The van der Waals surface area contributed by atoms with Crippen molar-refractivity contribution >= 4 is 87.8 Å². The van der Waals surface area contributed by atoms with Gasteiger partial charge in [-0.2, -0.15) is 0 Å². The first kappa shape index (κ1) is 77.4. The molecule has 13 aromatic carbocycles. The largest absolute Gasteiger partial charge is 0.456 e. The van der Waals surface area contributed by atoms with E-state index < -0.39 is 0 Å². The second-order valence-electron chi connectivity index (χ2n) is 38.0. The van der Waals surface area contributed by atoms with Gasteiger partial charge in [0.15, 0.2) is 0 Å². The van der Waals surface area contributed by atoms with Crippen molar-refractivity contribution in [2.24, 2.45) is 0 Å². The van der Waals surface area contributed by atoms with Crippen LogP contribution >= 0.6 is 0 Å². The molecule has 21 rings (SSSR count). The summed E-state index contributed by atoms with van der Waals surface area (Å²) in [6.07, 6.45) is 34.9. The molecule has 0 spiro atoms. The maximum absolute atomic E-state index is 7.31. The molecule has 0 aliphatic heterocycles. The van der Waals surface area contributed by atoms with Gasteiger partial charge in [-0.15, -0.1) is 0 Å². The molecule has 1 unspecified atom stereocenters. The fourth-order valence-electron chi connectivity index (χ4n) is 23.6. The molecule has 4 aliphatic carbocycles. The Morgan fingerprint density at radius 3 is 0.835 bits per heavy atom. The Balaban J connectivity index is 0.615. The standard InChI is InChI=1S/C117H116O4/c1-9-13-17-21-25-37-61-116(60-36-24-20-16-12-4)94-44-32-28-40-80(94)86-56-50-76(66-100(86)116)74-48-54-82-84-58-52-78(68-98(84)114(5,6)96(82)64-74)90-70-106-108(110-88-42-30-34-46-102(88)120-112(90)110)92-72-105-93(73-104(92)118-106)109-107(119-105)71-91(113-111(109)89-43-31-35-47-103(89)121-113)79-53-59-85-83-55-49-75(65-97(83)115(7,8)99(85)69-79)77-51-57-87-81-41-29-33-45-95(81)117(101(87)67-77,62-38-26-22-18-14-10-2)63-39-27-23-19-15-11-3/h28-35,40-59,64-73H,9-27,36-39,60-63H2,1-8H3. The summed E-state index contributed by atoms with van der Waals surface area (Å²) in [5, 5.41) is 8.24. The molecule has 608 valence electrons. The SMILES string of the molecule is CCCCCCCCC1(CCCCCCC)c2ccccc2-c2ccc(-c3ccc4c(c3)C(C)(C)c3cc(-c5cc6oc7cc8c(cc7c6c6c5oc5ccccc56)oc5cc(-c6ccc7c(c6)C(C)(C)c6cc(-c9ccc%10c(c9)C(CCCCCCCC)(CCCCCCCC)c9ccccc9-%10)ccc6-7)c6oc7ccccc7c6c58)ccc3-4)cc21. The van der Waals surface area contributed by atoms with Gasteiger partial charge < -0.3 is 17.7 Å². The number of furan rings is 4. The summed E-state index contributed by atoms with van der Waals surface area (Å²) in [7, 11) is 0. The van der Waals surface area contributed by atoms with Crippen molar-refractivity contribution < 1.29 is 17.7 Å². The van der Waals surface area contributed by atoms with Gasteiger partial charge in [0.1, 0.15) is 44.7 Å². The van der Waals surface area contributed by atoms with E-state index in [1.807, 2.05) is 0 Å². The maximum Gasteiger partial charge on any atom is 0.144 e. The molecule has 4 nitrogen and oxygen atoms in total. The minimum atomic E-state index is -0.286. The van der Waals surface area contributed by atoms with Crippen LogP contribution in [0.15, 0.2) is 248 Å². The molecule has 0 bridgehead atoms.